The number of aliphatic imine (C=N–C) groups is 1. The van der Waals surface area contributed by atoms with E-state index < -0.39 is 0 Å². The van der Waals surface area contributed by atoms with Gasteiger partial charge in [-0.25, -0.2) is 4.98 Å². The second-order valence-corrected chi connectivity index (χ2v) is 6.31. The Morgan fingerprint density at radius 2 is 1.85 bits per heavy atom. The molecule has 128 valence electrons. The molecule has 0 radical (unpaired) electrons. The number of aryl methyl sites for hydroxylation is 2. The van der Waals surface area contributed by atoms with Crippen LogP contribution in [-0.4, -0.2) is 16.3 Å². The molecule has 0 aliphatic heterocycles. The highest BCUT2D eigenvalue weighted by molar-refractivity contribution is 5.87. The van der Waals surface area contributed by atoms with Crippen LogP contribution in [-0.2, 0) is 0 Å². The highest BCUT2D eigenvalue weighted by Crippen LogP contribution is 2.29. The predicted molar refractivity (Wildman–Crippen MR) is 104 cm³/mol. The van der Waals surface area contributed by atoms with Gasteiger partial charge in [0.15, 0.2) is 5.58 Å². The first-order chi connectivity index (χ1) is 12.6. The van der Waals surface area contributed by atoms with Crippen molar-refractivity contribution in [3.05, 3.63) is 77.4 Å². The lowest BCUT2D eigenvalue weighted by atomic mass is 10.1. The highest BCUT2D eigenvalue weighted by atomic mass is 16.3. The topological polar surface area (TPSA) is 58.6 Å². The summed E-state index contributed by atoms with van der Waals surface area (Å²) in [6.07, 6.45) is 1.66. The largest absolute Gasteiger partial charge is 0.507 e. The molecule has 0 fully saturated rings. The third-order valence-corrected chi connectivity index (χ3v) is 4.28. The summed E-state index contributed by atoms with van der Waals surface area (Å²) >= 11 is 0. The second-order valence-electron chi connectivity index (χ2n) is 6.31. The fourth-order valence-corrected chi connectivity index (χ4v) is 2.85. The molecule has 0 saturated carbocycles. The molecule has 0 unspecified atom stereocenters. The Morgan fingerprint density at radius 3 is 2.69 bits per heavy atom. The van der Waals surface area contributed by atoms with E-state index in [0.717, 1.165) is 33.5 Å². The zero-order valence-electron chi connectivity index (χ0n) is 14.6. The Labute approximate surface area is 151 Å². The molecule has 4 aromatic rings. The fraction of sp³-hybridized carbons (Fsp3) is 0.0909. The molecule has 0 atom stereocenters. The Balaban J connectivity index is 1.69. The summed E-state index contributed by atoms with van der Waals surface area (Å²) in [4.78, 5) is 9.06. The zero-order valence-corrected chi connectivity index (χ0v) is 14.6. The number of phenols is 1. The molecule has 0 spiro atoms. The van der Waals surface area contributed by atoms with Gasteiger partial charge in [0, 0.05) is 17.3 Å². The number of hydrogen-bond donors (Lipinski definition) is 1. The van der Waals surface area contributed by atoms with Gasteiger partial charge in [-0.15, -0.1) is 0 Å². The van der Waals surface area contributed by atoms with Crippen molar-refractivity contribution in [2.24, 2.45) is 4.99 Å². The summed E-state index contributed by atoms with van der Waals surface area (Å²) in [7, 11) is 0. The van der Waals surface area contributed by atoms with Crippen LogP contribution in [0.15, 0.2) is 70.1 Å². The molecule has 0 saturated heterocycles. The van der Waals surface area contributed by atoms with Crippen LogP contribution in [0.25, 0.3) is 22.6 Å². The van der Waals surface area contributed by atoms with E-state index in [2.05, 4.69) is 9.98 Å². The predicted octanol–water partition coefficient (Wildman–Crippen LogP) is 5.57. The van der Waals surface area contributed by atoms with Gasteiger partial charge in [-0.05, 0) is 55.8 Å². The molecule has 0 bridgehead atoms. The van der Waals surface area contributed by atoms with Gasteiger partial charge < -0.3 is 9.52 Å². The molecule has 0 amide bonds. The smallest absolute Gasteiger partial charge is 0.227 e. The van der Waals surface area contributed by atoms with Crippen molar-refractivity contribution in [3.63, 3.8) is 0 Å². The Morgan fingerprint density at radius 1 is 1.00 bits per heavy atom. The summed E-state index contributed by atoms with van der Waals surface area (Å²) in [5, 5.41) is 9.92. The van der Waals surface area contributed by atoms with E-state index in [1.807, 2.05) is 68.4 Å². The molecule has 1 aromatic heterocycles. The van der Waals surface area contributed by atoms with Crippen molar-refractivity contribution in [1.82, 2.24) is 4.98 Å². The first kappa shape index (κ1) is 16.1. The number of aromatic hydroxyl groups is 1. The molecule has 26 heavy (non-hydrogen) atoms. The lowest BCUT2D eigenvalue weighted by Crippen LogP contribution is -1.83. The molecule has 4 nitrogen and oxygen atoms in total. The molecule has 0 aliphatic carbocycles. The standard InChI is InChI=1S/C22H18N2O2/c1-14-7-9-20(25)16(11-14)13-23-17-8-10-21-19(12-17)24-22(26-21)18-6-4-3-5-15(18)2/h3-13,25H,1-2H3. The van der Waals surface area contributed by atoms with Crippen molar-refractivity contribution >= 4 is 23.0 Å². The summed E-state index contributed by atoms with van der Waals surface area (Å²) in [6.45, 7) is 4.01. The number of oxazole rings is 1. The van der Waals surface area contributed by atoms with E-state index in [-0.39, 0.29) is 5.75 Å². The van der Waals surface area contributed by atoms with Gasteiger partial charge in [0.1, 0.15) is 11.3 Å². The highest BCUT2D eigenvalue weighted by Gasteiger charge is 2.10. The van der Waals surface area contributed by atoms with Gasteiger partial charge in [-0.1, -0.05) is 29.8 Å². The summed E-state index contributed by atoms with van der Waals surface area (Å²) < 4.78 is 5.88. The number of nitrogens with zero attached hydrogens (tertiary/aromatic N) is 2. The Bertz CT molecular complexity index is 1130. The minimum Gasteiger partial charge on any atom is -0.507 e. The van der Waals surface area contributed by atoms with Gasteiger partial charge in [0.2, 0.25) is 5.89 Å². The molecule has 3 aromatic carbocycles. The number of fused-ring (bicyclic) bond motifs is 1. The minimum absolute atomic E-state index is 0.212. The molecule has 1 N–H and O–H groups in total. The summed E-state index contributed by atoms with van der Waals surface area (Å²) in [6, 6.07) is 19.1. The summed E-state index contributed by atoms with van der Waals surface area (Å²) in [5.41, 5.74) is 6.09. The number of hydrogen-bond acceptors (Lipinski definition) is 4. The molecule has 4 rings (SSSR count). The molecule has 0 aliphatic rings. The molecular weight excluding hydrogens is 324 g/mol. The first-order valence-corrected chi connectivity index (χ1v) is 8.40. The van der Waals surface area contributed by atoms with E-state index in [0.29, 0.717) is 11.5 Å². The molecule has 1 heterocycles. The Hall–Kier alpha value is -3.40. The van der Waals surface area contributed by atoms with Gasteiger partial charge in [0.25, 0.3) is 0 Å². The quantitative estimate of drug-likeness (QED) is 0.495. The van der Waals surface area contributed by atoms with Gasteiger partial charge in [0.05, 0.1) is 5.69 Å². The van der Waals surface area contributed by atoms with Crippen molar-refractivity contribution in [1.29, 1.82) is 0 Å². The molecule has 4 heteroatoms. The average molecular weight is 342 g/mol. The monoisotopic (exact) mass is 342 g/mol. The number of rotatable bonds is 3. The maximum atomic E-state index is 9.92. The average Bonchev–Trinajstić information content (AvgIpc) is 3.06. The number of phenolic OH excluding ortho intramolecular Hbond substituents is 1. The Kier molecular flexibility index (Phi) is 4.01. The van der Waals surface area contributed by atoms with Crippen LogP contribution in [0.1, 0.15) is 16.7 Å². The minimum atomic E-state index is 0.212. The van der Waals surface area contributed by atoms with Crippen LogP contribution >= 0.6 is 0 Å². The fourth-order valence-electron chi connectivity index (χ4n) is 2.85. The number of benzene rings is 3. The SMILES string of the molecule is Cc1ccc(O)c(C=Nc2ccc3oc(-c4ccccc4C)nc3c2)c1. The van der Waals surface area contributed by atoms with Gasteiger partial charge in [-0.2, -0.15) is 0 Å². The van der Waals surface area contributed by atoms with E-state index >= 15 is 0 Å². The van der Waals surface area contributed by atoms with Crippen LogP contribution < -0.4 is 0 Å². The van der Waals surface area contributed by atoms with Crippen LogP contribution in [0.3, 0.4) is 0 Å². The van der Waals surface area contributed by atoms with E-state index in [1.54, 1.807) is 12.3 Å². The lowest BCUT2D eigenvalue weighted by Gasteiger charge is -2.00. The van der Waals surface area contributed by atoms with E-state index in [4.69, 9.17) is 4.42 Å². The van der Waals surface area contributed by atoms with E-state index in [1.165, 1.54) is 0 Å². The van der Waals surface area contributed by atoms with Crippen molar-refractivity contribution in [2.75, 3.05) is 0 Å². The van der Waals surface area contributed by atoms with Crippen LogP contribution in [0, 0.1) is 13.8 Å². The van der Waals surface area contributed by atoms with E-state index in [9.17, 15) is 5.11 Å². The maximum Gasteiger partial charge on any atom is 0.227 e. The van der Waals surface area contributed by atoms with Crippen LogP contribution in [0.5, 0.6) is 5.75 Å². The summed E-state index contributed by atoms with van der Waals surface area (Å²) in [5.74, 6) is 0.819. The van der Waals surface area contributed by atoms with Crippen molar-refractivity contribution < 1.29 is 9.52 Å². The van der Waals surface area contributed by atoms with Crippen LogP contribution in [0.2, 0.25) is 0 Å². The van der Waals surface area contributed by atoms with Gasteiger partial charge >= 0.3 is 0 Å². The van der Waals surface area contributed by atoms with Crippen molar-refractivity contribution in [3.8, 4) is 17.2 Å². The number of aromatic nitrogens is 1. The maximum absolute atomic E-state index is 9.92. The lowest BCUT2D eigenvalue weighted by molar-refractivity contribution is 0.474. The normalized spacial score (nSPS) is 11.5. The van der Waals surface area contributed by atoms with Gasteiger partial charge in [-0.3, -0.25) is 4.99 Å². The third-order valence-electron chi connectivity index (χ3n) is 4.28. The first-order valence-electron chi connectivity index (χ1n) is 8.40. The molecular formula is C22H18N2O2. The third kappa shape index (κ3) is 3.09. The van der Waals surface area contributed by atoms with Crippen LogP contribution in [0.4, 0.5) is 5.69 Å². The van der Waals surface area contributed by atoms with Crippen molar-refractivity contribution in [2.45, 2.75) is 13.8 Å². The second kappa shape index (κ2) is 6.48. The zero-order chi connectivity index (χ0) is 18.1.